The molecule has 1 amide bonds. The van der Waals surface area contributed by atoms with Gasteiger partial charge in [-0.2, -0.15) is 0 Å². The SMILES string of the molecule is Cc1cc(N)nc(SC(C)C(=O)Nc2ccc(F)c(Cl)c2)n1. The van der Waals surface area contributed by atoms with Gasteiger partial charge in [-0.25, -0.2) is 14.4 Å². The number of nitrogens with one attached hydrogen (secondary N) is 1. The molecule has 0 aliphatic heterocycles. The highest BCUT2D eigenvalue weighted by atomic mass is 35.5. The second kappa shape index (κ2) is 6.93. The Morgan fingerprint density at radius 2 is 2.14 bits per heavy atom. The number of halogens is 2. The summed E-state index contributed by atoms with van der Waals surface area (Å²) in [6, 6.07) is 5.64. The van der Waals surface area contributed by atoms with E-state index in [1.807, 2.05) is 0 Å². The van der Waals surface area contributed by atoms with Crippen molar-refractivity contribution < 1.29 is 9.18 Å². The number of nitrogen functional groups attached to an aromatic ring is 1. The van der Waals surface area contributed by atoms with Gasteiger partial charge in [0, 0.05) is 17.4 Å². The van der Waals surface area contributed by atoms with Gasteiger partial charge in [-0.1, -0.05) is 23.4 Å². The van der Waals surface area contributed by atoms with Crippen LogP contribution in [0.2, 0.25) is 5.02 Å². The lowest BCUT2D eigenvalue weighted by Gasteiger charge is -2.12. The third-order valence-corrected chi connectivity index (χ3v) is 3.94. The summed E-state index contributed by atoms with van der Waals surface area (Å²) in [7, 11) is 0. The molecule has 0 fully saturated rings. The fraction of sp³-hybridized carbons (Fsp3) is 0.214. The predicted octanol–water partition coefficient (Wildman–Crippen LogP) is 3.28. The Labute approximate surface area is 136 Å². The van der Waals surface area contributed by atoms with Crippen LogP contribution < -0.4 is 11.1 Å². The molecule has 0 aliphatic rings. The maximum absolute atomic E-state index is 13.1. The van der Waals surface area contributed by atoms with Crippen LogP contribution in [0.5, 0.6) is 0 Å². The summed E-state index contributed by atoms with van der Waals surface area (Å²) in [5, 5.41) is 2.59. The minimum atomic E-state index is -0.536. The van der Waals surface area contributed by atoms with Gasteiger partial charge in [0.2, 0.25) is 5.91 Å². The van der Waals surface area contributed by atoms with Crippen LogP contribution in [0.25, 0.3) is 0 Å². The Morgan fingerprint density at radius 1 is 1.41 bits per heavy atom. The van der Waals surface area contributed by atoms with Crippen LogP contribution in [0.1, 0.15) is 12.6 Å². The number of carbonyl (C=O) groups is 1. The quantitative estimate of drug-likeness (QED) is 0.659. The van der Waals surface area contributed by atoms with Gasteiger partial charge in [0.1, 0.15) is 11.6 Å². The molecule has 0 spiro atoms. The molecule has 0 saturated heterocycles. The first kappa shape index (κ1) is 16.5. The molecule has 8 heteroatoms. The largest absolute Gasteiger partial charge is 0.384 e. The first-order valence-corrected chi connectivity index (χ1v) is 7.64. The summed E-state index contributed by atoms with van der Waals surface area (Å²) in [5.74, 6) is -0.449. The van der Waals surface area contributed by atoms with Gasteiger partial charge in [0.25, 0.3) is 0 Å². The Kier molecular flexibility index (Phi) is 5.20. The van der Waals surface area contributed by atoms with Gasteiger partial charge in [-0.3, -0.25) is 4.79 Å². The fourth-order valence-electron chi connectivity index (χ4n) is 1.65. The Morgan fingerprint density at radius 3 is 2.77 bits per heavy atom. The number of carbonyl (C=O) groups excluding carboxylic acids is 1. The van der Waals surface area contributed by atoms with E-state index in [9.17, 15) is 9.18 Å². The molecule has 1 atom stereocenters. The fourth-order valence-corrected chi connectivity index (χ4v) is 2.66. The molecule has 0 saturated carbocycles. The third-order valence-electron chi connectivity index (χ3n) is 2.69. The van der Waals surface area contributed by atoms with Crippen LogP contribution in [0, 0.1) is 12.7 Å². The van der Waals surface area contributed by atoms with Crippen molar-refractivity contribution in [1.82, 2.24) is 9.97 Å². The zero-order valence-electron chi connectivity index (χ0n) is 11.9. The monoisotopic (exact) mass is 340 g/mol. The molecule has 1 aromatic heterocycles. The molecule has 0 bridgehead atoms. The highest BCUT2D eigenvalue weighted by molar-refractivity contribution is 8.00. The molecule has 5 nitrogen and oxygen atoms in total. The van der Waals surface area contributed by atoms with Gasteiger partial charge in [0.05, 0.1) is 10.3 Å². The van der Waals surface area contributed by atoms with Crippen molar-refractivity contribution in [2.75, 3.05) is 11.1 Å². The number of aryl methyl sites for hydroxylation is 1. The highest BCUT2D eigenvalue weighted by Crippen LogP contribution is 2.23. The number of hydrogen-bond donors (Lipinski definition) is 2. The van der Waals surface area contributed by atoms with Crippen molar-refractivity contribution in [3.63, 3.8) is 0 Å². The van der Waals surface area contributed by atoms with E-state index >= 15 is 0 Å². The van der Waals surface area contributed by atoms with E-state index in [1.165, 1.54) is 30.0 Å². The van der Waals surface area contributed by atoms with E-state index in [2.05, 4.69) is 15.3 Å². The van der Waals surface area contributed by atoms with Crippen molar-refractivity contribution in [2.24, 2.45) is 0 Å². The number of nitrogens with zero attached hydrogens (tertiary/aromatic N) is 2. The number of aromatic nitrogens is 2. The van der Waals surface area contributed by atoms with Crippen LogP contribution >= 0.6 is 23.4 Å². The predicted molar refractivity (Wildman–Crippen MR) is 86.5 cm³/mol. The molecule has 116 valence electrons. The standard InChI is InChI=1S/C14H14ClFN4OS/c1-7-5-12(17)20-14(18-7)22-8(2)13(21)19-9-3-4-11(16)10(15)6-9/h3-6,8H,1-2H3,(H,19,21)(H2,17,18,20). The lowest BCUT2D eigenvalue weighted by molar-refractivity contribution is -0.115. The second-order valence-corrected chi connectivity index (χ2v) is 6.31. The van der Waals surface area contributed by atoms with Crippen LogP contribution in [0.3, 0.4) is 0 Å². The minimum absolute atomic E-state index is 0.0482. The van der Waals surface area contributed by atoms with Crippen molar-refractivity contribution in [2.45, 2.75) is 24.3 Å². The number of thioether (sulfide) groups is 1. The van der Waals surface area contributed by atoms with E-state index in [0.29, 0.717) is 16.7 Å². The Bertz CT molecular complexity index is 693. The summed E-state index contributed by atoms with van der Waals surface area (Å²) in [6.45, 7) is 3.51. The summed E-state index contributed by atoms with van der Waals surface area (Å²) >= 11 is 6.86. The number of amides is 1. The lowest BCUT2D eigenvalue weighted by atomic mass is 10.3. The number of anilines is 2. The molecule has 0 radical (unpaired) electrons. The molecular weight excluding hydrogens is 327 g/mol. The van der Waals surface area contributed by atoms with E-state index in [1.54, 1.807) is 19.9 Å². The first-order valence-electron chi connectivity index (χ1n) is 6.39. The molecule has 22 heavy (non-hydrogen) atoms. The number of nitrogens with two attached hydrogens (primary N) is 1. The van der Waals surface area contributed by atoms with Crippen molar-refractivity contribution >= 4 is 40.8 Å². The normalized spacial score (nSPS) is 12.0. The van der Waals surface area contributed by atoms with Crippen molar-refractivity contribution in [3.8, 4) is 0 Å². The zero-order valence-corrected chi connectivity index (χ0v) is 13.5. The average Bonchev–Trinajstić information content (AvgIpc) is 2.41. The van der Waals surface area contributed by atoms with E-state index in [0.717, 1.165) is 5.69 Å². The second-order valence-electron chi connectivity index (χ2n) is 4.59. The zero-order chi connectivity index (χ0) is 16.3. The van der Waals surface area contributed by atoms with Crippen molar-refractivity contribution in [3.05, 3.63) is 40.8 Å². The number of rotatable bonds is 4. The lowest BCUT2D eigenvalue weighted by Crippen LogP contribution is -2.22. The number of hydrogen-bond acceptors (Lipinski definition) is 5. The maximum atomic E-state index is 13.1. The highest BCUT2D eigenvalue weighted by Gasteiger charge is 2.17. The number of benzene rings is 1. The molecule has 3 N–H and O–H groups in total. The van der Waals surface area contributed by atoms with Gasteiger partial charge in [-0.15, -0.1) is 0 Å². The third kappa shape index (κ3) is 4.32. The smallest absolute Gasteiger partial charge is 0.237 e. The molecule has 1 unspecified atom stereocenters. The molecule has 2 aromatic rings. The van der Waals surface area contributed by atoms with E-state index in [-0.39, 0.29) is 10.9 Å². The summed E-state index contributed by atoms with van der Waals surface area (Å²) in [5.41, 5.74) is 6.80. The van der Waals surface area contributed by atoms with Crippen molar-refractivity contribution in [1.29, 1.82) is 0 Å². The Hall–Kier alpha value is -1.86. The average molecular weight is 341 g/mol. The molecular formula is C14H14ClFN4OS. The van der Waals surface area contributed by atoms with Gasteiger partial charge in [-0.05, 0) is 32.0 Å². The van der Waals surface area contributed by atoms with Crippen LogP contribution in [-0.4, -0.2) is 21.1 Å². The molecule has 1 aromatic carbocycles. The van der Waals surface area contributed by atoms with Crippen LogP contribution in [0.15, 0.2) is 29.4 Å². The minimum Gasteiger partial charge on any atom is -0.384 e. The molecule has 1 heterocycles. The maximum Gasteiger partial charge on any atom is 0.237 e. The molecule has 2 rings (SSSR count). The summed E-state index contributed by atoms with van der Waals surface area (Å²) in [4.78, 5) is 20.4. The first-order chi connectivity index (χ1) is 10.3. The van der Waals surface area contributed by atoms with Gasteiger partial charge < -0.3 is 11.1 Å². The van der Waals surface area contributed by atoms with Crippen LogP contribution in [0.4, 0.5) is 15.9 Å². The van der Waals surface area contributed by atoms with Gasteiger partial charge >= 0.3 is 0 Å². The Balaban J connectivity index is 2.04. The van der Waals surface area contributed by atoms with E-state index in [4.69, 9.17) is 17.3 Å². The topological polar surface area (TPSA) is 80.9 Å². The molecule has 0 aliphatic carbocycles. The van der Waals surface area contributed by atoms with E-state index < -0.39 is 11.1 Å². The summed E-state index contributed by atoms with van der Waals surface area (Å²) in [6.07, 6.45) is 0. The van der Waals surface area contributed by atoms with Gasteiger partial charge in [0.15, 0.2) is 5.16 Å². The van der Waals surface area contributed by atoms with Crippen LogP contribution in [-0.2, 0) is 4.79 Å². The summed E-state index contributed by atoms with van der Waals surface area (Å²) < 4.78 is 13.1.